The van der Waals surface area contributed by atoms with Gasteiger partial charge >= 0.3 is 5.97 Å². The Bertz CT molecular complexity index is 800. The second kappa shape index (κ2) is 12.3. The molecule has 0 bridgehead atoms. The van der Waals surface area contributed by atoms with Gasteiger partial charge in [-0.25, -0.2) is 4.79 Å². The maximum Gasteiger partial charge on any atom is 0.328 e. The fourth-order valence-electron chi connectivity index (χ4n) is 2.35. The molecule has 0 heterocycles. The highest BCUT2D eigenvalue weighted by atomic mass is 16.5. The van der Waals surface area contributed by atoms with Crippen LogP contribution in [0.15, 0.2) is 54.6 Å². The number of nitriles is 1. The molecule has 0 saturated heterocycles. The number of nitrogens with zero attached hydrogens (tertiary/aromatic N) is 1. The zero-order valence-corrected chi connectivity index (χ0v) is 16.5. The molecule has 0 aliphatic carbocycles. The van der Waals surface area contributed by atoms with Gasteiger partial charge in [-0.1, -0.05) is 56.3 Å². The second-order valence-corrected chi connectivity index (χ2v) is 5.95. The van der Waals surface area contributed by atoms with Gasteiger partial charge in [-0.3, -0.25) is 4.79 Å². The summed E-state index contributed by atoms with van der Waals surface area (Å²) in [5, 5.41) is 11.5. The zero-order valence-electron chi connectivity index (χ0n) is 16.5. The van der Waals surface area contributed by atoms with Crippen LogP contribution in [0.25, 0.3) is 0 Å². The van der Waals surface area contributed by atoms with Gasteiger partial charge in [-0.05, 0) is 36.6 Å². The molecular formula is C22H27N3O3. The zero-order chi connectivity index (χ0) is 20.9. The average Bonchev–Trinajstić information content (AvgIpc) is 2.74. The van der Waals surface area contributed by atoms with Crippen molar-refractivity contribution < 1.29 is 14.3 Å². The normalized spacial score (nSPS) is 11.8. The van der Waals surface area contributed by atoms with Crippen molar-refractivity contribution in [3.8, 4) is 6.07 Å². The molecule has 3 N–H and O–H groups in total. The van der Waals surface area contributed by atoms with E-state index in [1.54, 1.807) is 31.2 Å². The minimum absolute atomic E-state index is 0.146. The third kappa shape index (κ3) is 7.60. The summed E-state index contributed by atoms with van der Waals surface area (Å²) in [5.41, 5.74) is 8.07. The lowest BCUT2D eigenvalue weighted by molar-refractivity contribution is -0.148. The van der Waals surface area contributed by atoms with Crippen LogP contribution >= 0.6 is 0 Å². The van der Waals surface area contributed by atoms with Gasteiger partial charge in [0.1, 0.15) is 12.6 Å². The summed E-state index contributed by atoms with van der Waals surface area (Å²) < 4.78 is 5.19. The van der Waals surface area contributed by atoms with E-state index in [1.807, 2.05) is 50.2 Å². The van der Waals surface area contributed by atoms with Crippen molar-refractivity contribution in [1.29, 1.82) is 5.26 Å². The fraction of sp³-hybridized carbons (Fsp3) is 0.318. The van der Waals surface area contributed by atoms with Gasteiger partial charge in [0.15, 0.2) is 0 Å². The molecule has 0 aromatic heterocycles. The molecule has 2 rings (SSSR count). The first-order valence-electron chi connectivity index (χ1n) is 9.25. The molecule has 6 nitrogen and oxygen atoms in total. The molecule has 2 atom stereocenters. The Balaban J connectivity index is 0.00000190. The van der Waals surface area contributed by atoms with Gasteiger partial charge in [0.05, 0.1) is 17.7 Å². The number of benzene rings is 2. The van der Waals surface area contributed by atoms with Gasteiger partial charge in [-0.15, -0.1) is 0 Å². The van der Waals surface area contributed by atoms with E-state index in [-0.39, 0.29) is 13.0 Å². The van der Waals surface area contributed by atoms with Crippen molar-refractivity contribution >= 4 is 11.9 Å². The summed E-state index contributed by atoms with van der Waals surface area (Å²) in [5.74, 6) is -0.975. The molecule has 28 heavy (non-hydrogen) atoms. The number of rotatable bonds is 7. The summed E-state index contributed by atoms with van der Waals surface area (Å²) in [7, 11) is 0. The van der Waals surface area contributed by atoms with Crippen LogP contribution in [0.3, 0.4) is 0 Å². The smallest absolute Gasteiger partial charge is 0.328 e. The Hall–Kier alpha value is -3.17. The van der Waals surface area contributed by atoms with Crippen LogP contribution in [-0.4, -0.2) is 24.0 Å². The summed E-state index contributed by atoms with van der Waals surface area (Å²) in [6.07, 6.45) is 0.271. The highest BCUT2D eigenvalue weighted by molar-refractivity contribution is 5.87. The Kier molecular flexibility index (Phi) is 10.0. The molecular weight excluding hydrogens is 354 g/mol. The van der Waals surface area contributed by atoms with E-state index >= 15 is 0 Å². The molecule has 0 saturated carbocycles. The number of carbonyl (C=O) groups is 2. The summed E-state index contributed by atoms with van der Waals surface area (Å²) in [6, 6.07) is 16.6. The number of hydrogen-bond acceptors (Lipinski definition) is 5. The second-order valence-electron chi connectivity index (χ2n) is 5.95. The molecule has 1 amide bonds. The molecule has 0 spiro atoms. The van der Waals surface area contributed by atoms with Gasteiger partial charge in [-0.2, -0.15) is 5.26 Å². The lowest BCUT2D eigenvalue weighted by Crippen LogP contribution is -2.48. The third-order valence-corrected chi connectivity index (χ3v) is 3.78. The molecule has 0 unspecified atom stereocenters. The van der Waals surface area contributed by atoms with Crippen LogP contribution < -0.4 is 11.1 Å². The van der Waals surface area contributed by atoms with E-state index in [0.29, 0.717) is 5.56 Å². The maximum atomic E-state index is 12.2. The Labute approximate surface area is 166 Å². The Morgan fingerprint density at radius 2 is 1.75 bits per heavy atom. The highest BCUT2D eigenvalue weighted by Crippen LogP contribution is 2.07. The molecule has 0 aliphatic heterocycles. The summed E-state index contributed by atoms with van der Waals surface area (Å²) in [4.78, 5) is 24.2. The van der Waals surface area contributed by atoms with Crippen molar-refractivity contribution in [1.82, 2.24) is 5.32 Å². The van der Waals surface area contributed by atoms with Crippen molar-refractivity contribution in [3.05, 3.63) is 71.3 Å². The fourth-order valence-corrected chi connectivity index (χ4v) is 2.35. The minimum atomic E-state index is -0.826. The number of nitrogens with one attached hydrogen (secondary N) is 1. The maximum absolute atomic E-state index is 12.2. The summed E-state index contributed by atoms with van der Waals surface area (Å²) >= 11 is 0. The highest BCUT2D eigenvalue weighted by Gasteiger charge is 2.21. The topological polar surface area (TPSA) is 105 Å². The molecule has 148 valence electrons. The largest absolute Gasteiger partial charge is 0.459 e. The molecule has 0 radical (unpaired) electrons. The van der Waals surface area contributed by atoms with E-state index in [1.165, 1.54) is 0 Å². The lowest BCUT2D eigenvalue weighted by Gasteiger charge is -2.17. The van der Waals surface area contributed by atoms with Crippen molar-refractivity contribution in [2.75, 3.05) is 0 Å². The number of esters is 1. The minimum Gasteiger partial charge on any atom is -0.459 e. The first-order valence-corrected chi connectivity index (χ1v) is 9.25. The van der Waals surface area contributed by atoms with Crippen molar-refractivity contribution in [2.24, 2.45) is 5.73 Å². The predicted molar refractivity (Wildman–Crippen MR) is 108 cm³/mol. The monoisotopic (exact) mass is 381 g/mol. The van der Waals surface area contributed by atoms with E-state index in [0.717, 1.165) is 11.1 Å². The molecule has 0 fully saturated rings. The molecule has 2 aromatic carbocycles. The Morgan fingerprint density at radius 3 is 2.39 bits per heavy atom. The SMILES string of the molecule is CC.C[C@H](NC(=O)[C@@H](N)Cc1cccc(C#N)c1)C(=O)OCc1ccccc1. The van der Waals surface area contributed by atoms with Gasteiger partial charge in [0.2, 0.25) is 5.91 Å². The average molecular weight is 381 g/mol. The van der Waals surface area contributed by atoms with Gasteiger partial charge < -0.3 is 15.8 Å². The van der Waals surface area contributed by atoms with Crippen LogP contribution in [0.1, 0.15) is 37.5 Å². The first-order chi connectivity index (χ1) is 13.5. The van der Waals surface area contributed by atoms with Crippen LogP contribution in [0.4, 0.5) is 0 Å². The number of nitrogens with two attached hydrogens (primary N) is 1. The van der Waals surface area contributed by atoms with Gasteiger partial charge in [0.25, 0.3) is 0 Å². The lowest BCUT2D eigenvalue weighted by atomic mass is 10.0. The summed E-state index contributed by atoms with van der Waals surface area (Å²) in [6.45, 7) is 5.70. The van der Waals surface area contributed by atoms with E-state index < -0.39 is 24.0 Å². The van der Waals surface area contributed by atoms with Crippen LogP contribution in [-0.2, 0) is 27.4 Å². The first kappa shape index (κ1) is 22.9. The van der Waals surface area contributed by atoms with Crippen molar-refractivity contribution in [3.63, 3.8) is 0 Å². The molecule has 2 aromatic rings. The quantitative estimate of drug-likeness (QED) is 0.718. The number of ether oxygens (including phenoxy) is 1. The van der Waals surface area contributed by atoms with Crippen LogP contribution in [0.2, 0.25) is 0 Å². The molecule has 0 aliphatic rings. The van der Waals surface area contributed by atoms with Gasteiger partial charge in [0, 0.05) is 0 Å². The van der Waals surface area contributed by atoms with Crippen molar-refractivity contribution in [2.45, 2.75) is 45.9 Å². The standard InChI is InChI=1S/C20H21N3O3.C2H6/c1-14(20(25)26-13-15-6-3-2-4-7-15)23-19(24)18(22)11-16-8-5-9-17(10-16)12-21;1-2/h2-10,14,18H,11,13,22H2,1H3,(H,23,24);1-2H3/t14-,18-;/m0./s1. The number of carbonyl (C=O) groups excluding carboxylic acids is 2. The van der Waals surface area contributed by atoms with E-state index in [9.17, 15) is 9.59 Å². The van der Waals surface area contributed by atoms with Crippen LogP contribution in [0.5, 0.6) is 0 Å². The molecule has 6 heteroatoms. The number of hydrogen-bond donors (Lipinski definition) is 2. The third-order valence-electron chi connectivity index (χ3n) is 3.78. The number of amides is 1. The Morgan fingerprint density at radius 1 is 1.11 bits per heavy atom. The van der Waals surface area contributed by atoms with E-state index in [4.69, 9.17) is 15.7 Å². The predicted octanol–water partition coefficient (Wildman–Crippen LogP) is 2.70. The van der Waals surface area contributed by atoms with Crippen LogP contribution in [0, 0.1) is 11.3 Å². The van der Waals surface area contributed by atoms with E-state index in [2.05, 4.69) is 5.32 Å².